The van der Waals surface area contributed by atoms with Gasteiger partial charge in [-0.1, -0.05) is 6.92 Å². The summed E-state index contributed by atoms with van der Waals surface area (Å²) in [5.41, 5.74) is -1.22. The molecule has 1 saturated carbocycles. The Bertz CT molecular complexity index is 590. The number of esters is 1. The van der Waals surface area contributed by atoms with Crippen molar-refractivity contribution >= 4 is 5.97 Å². The van der Waals surface area contributed by atoms with E-state index in [0.717, 1.165) is 25.7 Å². The van der Waals surface area contributed by atoms with Crippen LogP contribution in [0.3, 0.4) is 0 Å². The molecule has 128 valence electrons. The van der Waals surface area contributed by atoms with Gasteiger partial charge in [0.15, 0.2) is 11.5 Å². The van der Waals surface area contributed by atoms with Crippen molar-refractivity contribution in [3.05, 3.63) is 23.8 Å². The van der Waals surface area contributed by atoms with Crippen LogP contribution < -0.4 is 9.47 Å². The van der Waals surface area contributed by atoms with Crippen LogP contribution >= 0.6 is 0 Å². The van der Waals surface area contributed by atoms with E-state index in [9.17, 15) is 13.6 Å². The number of hydrogen-bond donors (Lipinski definition) is 0. The molecule has 0 aromatic heterocycles. The Hall–Kier alpha value is -1.65. The van der Waals surface area contributed by atoms with E-state index in [2.05, 4.69) is 0 Å². The Morgan fingerprint density at radius 3 is 2.26 bits per heavy atom. The molecule has 0 atom stereocenters. The SMILES string of the molecule is CCC(C)(C)C(=O)Oc1ccc(OC2(C)CCCC2)c(F)c1F. The number of halogens is 2. The maximum Gasteiger partial charge on any atom is 0.316 e. The molecule has 5 heteroatoms. The summed E-state index contributed by atoms with van der Waals surface area (Å²) in [6.45, 7) is 7.12. The number of benzene rings is 1. The van der Waals surface area contributed by atoms with Crippen molar-refractivity contribution in [3.63, 3.8) is 0 Å². The van der Waals surface area contributed by atoms with Gasteiger partial charge < -0.3 is 9.47 Å². The lowest BCUT2D eigenvalue weighted by Gasteiger charge is -2.26. The average Bonchev–Trinajstić information content (AvgIpc) is 2.93. The summed E-state index contributed by atoms with van der Waals surface area (Å²) in [4.78, 5) is 12.0. The van der Waals surface area contributed by atoms with Gasteiger partial charge in [-0.3, -0.25) is 4.79 Å². The third-order valence-electron chi connectivity index (χ3n) is 4.67. The zero-order valence-electron chi connectivity index (χ0n) is 14.2. The van der Waals surface area contributed by atoms with Gasteiger partial charge in [-0.2, -0.15) is 8.78 Å². The minimum atomic E-state index is -1.19. The Labute approximate surface area is 136 Å². The predicted octanol–water partition coefficient (Wildman–Crippen LogP) is 5.02. The smallest absolute Gasteiger partial charge is 0.316 e. The molecule has 1 aliphatic rings. The highest BCUT2D eigenvalue weighted by Gasteiger charge is 2.33. The molecule has 0 unspecified atom stereocenters. The minimum Gasteiger partial charge on any atom is -0.484 e. The maximum atomic E-state index is 14.2. The van der Waals surface area contributed by atoms with Crippen LogP contribution in [-0.4, -0.2) is 11.6 Å². The Morgan fingerprint density at radius 2 is 1.70 bits per heavy atom. The van der Waals surface area contributed by atoms with Crippen LogP contribution in [0.4, 0.5) is 8.78 Å². The number of ether oxygens (including phenoxy) is 2. The molecule has 23 heavy (non-hydrogen) atoms. The third kappa shape index (κ3) is 3.82. The van der Waals surface area contributed by atoms with E-state index in [-0.39, 0.29) is 5.75 Å². The second kappa shape index (κ2) is 6.46. The van der Waals surface area contributed by atoms with Gasteiger partial charge in [0.1, 0.15) is 5.60 Å². The quantitative estimate of drug-likeness (QED) is 0.563. The molecule has 0 spiro atoms. The van der Waals surface area contributed by atoms with Gasteiger partial charge in [-0.25, -0.2) is 0 Å². The van der Waals surface area contributed by atoms with E-state index < -0.39 is 34.4 Å². The number of rotatable bonds is 5. The summed E-state index contributed by atoms with van der Waals surface area (Å²) < 4.78 is 39.1. The largest absolute Gasteiger partial charge is 0.484 e. The van der Waals surface area contributed by atoms with Gasteiger partial charge in [0, 0.05) is 0 Å². The van der Waals surface area contributed by atoms with Crippen LogP contribution in [0.25, 0.3) is 0 Å². The van der Waals surface area contributed by atoms with E-state index >= 15 is 0 Å². The highest BCUT2D eigenvalue weighted by atomic mass is 19.2. The highest BCUT2D eigenvalue weighted by molar-refractivity contribution is 5.78. The van der Waals surface area contributed by atoms with Gasteiger partial charge in [0.2, 0.25) is 11.6 Å². The molecule has 1 fully saturated rings. The van der Waals surface area contributed by atoms with Crippen molar-refractivity contribution in [1.82, 2.24) is 0 Å². The van der Waals surface area contributed by atoms with Crippen LogP contribution in [0.1, 0.15) is 59.8 Å². The monoisotopic (exact) mass is 326 g/mol. The summed E-state index contributed by atoms with van der Waals surface area (Å²) in [6.07, 6.45) is 4.20. The first kappa shape index (κ1) is 17.7. The summed E-state index contributed by atoms with van der Waals surface area (Å²) >= 11 is 0. The topological polar surface area (TPSA) is 35.5 Å². The van der Waals surface area contributed by atoms with Crippen LogP contribution in [-0.2, 0) is 4.79 Å². The van der Waals surface area contributed by atoms with Crippen molar-refractivity contribution in [1.29, 1.82) is 0 Å². The Morgan fingerprint density at radius 1 is 1.17 bits per heavy atom. The van der Waals surface area contributed by atoms with E-state index in [0.29, 0.717) is 6.42 Å². The fourth-order valence-corrected chi connectivity index (χ4v) is 2.54. The first-order valence-electron chi connectivity index (χ1n) is 8.08. The van der Waals surface area contributed by atoms with Gasteiger partial charge in [0.25, 0.3) is 0 Å². The van der Waals surface area contributed by atoms with Crippen molar-refractivity contribution in [2.24, 2.45) is 5.41 Å². The summed E-state index contributed by atoms with van der Waals surface area (Å²) in [7, 11) is 0. The van der Waals surface area contributed by atoms with Crippen LogP contribution in [0.5, 0.6) is 11.5 Å². The van der Waals surface area contributed by atoms with Crippen LogP contribution in [0.15, 0.2) is 12.1 Å². The first-order valence-corrected chi connectivity index (χ1v) is 8.08. The predicted molar refractivity (Wildman–Crippen MR) is 83.6 cm³/mol. The molecule has 0 saturated heterocycles. The number of hydrogen-bond acceptors (Lipinski definition) is 3. The average molecular weight is 326 g/mol. The van der Waals surface area contributed by atoms with E-state index in [1.54, 1.807) is 13.8 Å². The molecule has 1 aromatic carbocycles. The lowest BCUT2D eigenvalue weighted by Crippen LogP contribution is -2.29. The lowest BCUT2D eigenvalue weighted by molar-refractivity contribution is -0.144. The second-order valence-electron chi connectivity index (χ2n) is 7.08. The van der Waals surface area contributed by atoms with E-state index in [1.807, 2.05) is 13.8 Å². The molecule has 1 aromatic rings. The van der Waals surface area contributed by atoms with Crippen molar-refractivity contribution in [3.8, 4) is 11.5 Å². The molecule has 0 amide bonds. The number of carbonyl (C=O) groups excluding carboxylic acids is 1. The summed E-state index contributed by atoms with van der Waals surface area (Å²) in [6, 6.07) is 2.57. The van der Waals surface area contributed by atoms with E-state index in [1.165, 1.54) is 12.1 Å². The van der Waals surface area contributed by atoms with Gasteiger partial charge in [0.05, 0.1) is 5.41 Å². The highest BCUT2D eigenvalue weighted by Crippen LogP contribution is 2.37. The molecule has 0 bridgehead atoms. The van der Waals surface area contributed by atoms with Crippen molar-refractivity contribution in [2.45, 2.75) is 65.4 Å². The van der Waals surface area contributed by atoms with Crippen molar-refractivity contribution in [2.75, 3.05) is 0 Å². The zero-order valence-corrected chi connectivity index (χ0v) is 14.2. The molecule has 0 radical (unpaired) electrons. The lowest BCUT2D eigenvalue weighted by atomic mass is 9.91. The zero-order chi connectivity index (χ0) is 17.3. The molecule has 0 heterocycles. The first-order chi connectivity index (χ1) is 10.7. The standard InChI is InChI=1S/C18H24F2O3/c1-5-17(2,3)16(21)22-12-8-9-13(15(20)14(12)19)23-18(4)10-6-7-11-18/h8-9H,5-7,10-11H2,1-4H3. The van der Waals surface area contributed by atoms with E-state index in [4.69, 9.17) is 9.47 Å². The minimum absolute atomic E-state index is 0.138. The Balaban J connectivity index is 2.19. The molecular weight excluding hydrogens is 302 g/mol. The van der Waals surface area contributed by atoms with Gasteiger partial charge in [-0.15, -0.1) is 0 Å². The fourth-order valence-electron chi connectivity index (χ4n) is 2.54. The second-order valence-corrected chi connectivity index (χ2v) is 7.08. The van der Waals surface area contributed by atoms with Crippen molar-refractivity contribution < 1.29 is 23.0 Å². The molecular formula is C18H24F2O3. The molecule has 0 aliphatic heterocycles. The molecule has 1 aliphatic carbocycles. The summed E-state index contributed by atoms with van der Waals surface area (Å²) in [5.74, 6) is -3.43. The molecule has 0 N–H and O–H groups in total. The molecule has 2 rings (SSSR count). The summed E-state index contributed by atoms with van der Waals surface area (Å²) in [5, 5.41) is 0. The van der Waals surface area contributed by atoms with Crippen LogP contribution in [0.2, 0.25) is 0 Å². The Kier molecular flexibility index (Phi) is 4.97. The fraction of sp³-hybridized carbons (Fsp3) is 0.611. The maximum absolute atomic E-state index is 14.2. The van der Waals surface area contributed by atoms with Gasteiger partial charge in [-0.05, 0) is 65.0 Å². The van der Waals surface area contributed by atoms with Gasteiger partial charge >= 0.3 is 5.97 Å². The van der Waals surface area contributed by atoms with Crippen LogP contribution in [0, 0.1) is 17.0 Å². The third-order valence-corrected chi connectivity index (χ3v) is 4.67. The molecule has 3 nitrogen and oxygen atoms in total. The normalized spacial score (nSPS) is 17.1. The number of carbonyl (C=O) groups is 1.